The Labute approximate surface area is 106 Å². The fourth-order valence-corrected chi connectivity index (χ4v) is 3.29. The lowest BCUT2D eigenvalue weighted by molar-refractivity contribution is -0.120. The molecule has 0 radical (unpaired) electrons. The van der Waals surface area contributed by atoms with Crippen LogP contribution in [0.4, 0.5) is 0 Å². The third-order valence-electron chi connectivity index (χ3n) is 2.06. The van der Waals surface area contributed by atoms with Gasteiger partial charge in [0.1, 0.15) is 0 Å². The Morgan fingerprint density at radius 1 is 1.25 bits per heavy atom. The normalized spacial score (nSPS) is 11.3. The van der Waals surface area contributed by atoms with Gasteiger partial charge in [0.2, 0.25) is 0 Å². The number of nitrogens with zero attached hydrogens (tertiary/aromatic N) is 1. The van der Waals surface area contributed by atoms with Crippen molar-refractivity contribution >= 4 is 23.1 Å². The molecule has 92 valence electrons. The largest absolute Gasteiger partial charge is 0.352 e. The maximum atomic E-state index is 5.47. The average molecular weight is 261 g/mol. The second-order valence-electron chi connectivity index (χ2n) is 3.27. The molecule has 0 bridgehead atoms. The van der Waals surface area contributed by atoms with Gasteiger partial charge in [0.05, 0.1) is 11.4 Å². The quantitative estimate of drug-likeness (QED) is 0.557. The summed E-state index contributed by atoms with van der Waals surface area (Å²) in [5.41, 5.74) is 1.12. The summed E-state index contributed by atoms with van der Waals surface area (Å²) >= 11 is 3.43. The number of hydrogen-bond donors (Lipinski definition) is 0. The van der Waals surface area contributed by atoms with Gasteiger partial charge in [0.15, 0.2) is 10.6 Å². The van der Waals surface area contributed by atoms with Crippen LogP contribution in [-0.4, -0.2) is 30.2 Å². The number of hydrogen-bond acceptors (Lipinski definition) is 5. The van der Waals surface area contributed by atoms with E-state index in [1.165, 1.54) is 4.88 Å². The monoisotopic (exact) mass is 261 g/mol. The number of aromatic nitrogens is 1. The van der Waals surface area contributed by atoms with Crippen LogP contribution in [0.5, 0.6) is 0 Å². The molecule has 1 aromatic rings. The Morgan fingerprint density at radius 3 is 2.31 bits per heavy atom. The molecular weight excluding hydrogens is 242 g/mol. The highest BCUT2D eigenvalue weighted by molar-refractivity contribution is 8.01. The second kappa shape index (κ2) is 7.27. The van der Waals surface area contributed by atoms with E-state index in [1.54, 1.807) is 23.1 Å². The first kappa shape index (κ1) is 14.0. The second-order valence-corrected chi connectivity index (χ2v) is 5.74. The van der Waals surface area contributed by atoms with Crippen molar-refractivity contribution in [2.75, 3.05) is 19.0 Å². The van der Waals surface area contributed by atoms with Gasteiger partial charge in [-0.15, -0.1) is 11.3 Å². The lowest BCUT2D eigenvalue weighted by Crippen LogP contribution is -2.19. The van der Waals surface area contributed by atoms with Crippen LogP contribution in [-0.2, 0) is 9.47 Å². The number of rotatable bonds is 7. The minimum absolute atomic E-state index is 0.121. The maximum Gasteiger partial charge on any atom is 0.166 e. The summed E-state index contributed by atoms with van der Waals surface area (Å²) in [5.74, 6) is 0.800. The fourth-order valence-electron chi connectivity index (χ4n) is 1.16. The number of thiazole rings is 1. The minimum atomic E-state index is -0.121. The van der Waals surface area contributed by atoms with Gasteiger partial charge in [-0.3, -0.25) is 0 Å². The third kappa shape index (κ3) is 4.41. The summed E-state index contributed by atoms with van der Waals surface area (Å²) in [5, 5.41) is 0. The molecule has 0 amide bonds. The smallest absolute Gasteiger partial charge is 0.166 e. The minimum Gasteiger partial charge on any atom is -0.352 e. The summed E-state index contributed by atoms with van der Waals surface area (Å²) < 4.78 is 12.0. The van der Waals surface area contributed by atoms with E-state index < -0.39 is 0 Å². The predicted molar refractivity (Wildman–Crippen MR) is 69.4 cm³/mol. The zero-order chi connectivity index (χ0) is 12.0. The van der Waals surface area contributed by atoms with Crippen LogP contribution in [0.25, 0.3) is 0 Å². The average Bonchev–Trinajstić information content (AvgIpc) is 2.56. The Balaban J connectivity index is 2.41. The van der Waals surface area contributed by atoms with Crippen molar-refractivity contribution in [2.24, 2.45) is 0 Å². The van der Waals surface area contributed by atoms with Gasteiger partial charge in [-0.05, 0) is 27.7 Å². The standard InChI is InChI=1S/C11H19NO2S2/c1-5-13-10(14-6-2)7-15-11-12-8(3)9(4)16-11/h10H,5-7H2,1-4H3. The molecule has 3 nitrogen and oxygen atoms in total. The fraction of sp³-hybridized carbons (Fsp3) is 0.727. The first-order valence-electron chi connectivity index (χ1n) is 5.47. The molecule has 0 atom stereocenters. The first-order valence-corrected chi connectivity index (χ1v) is 7.27. The van der Waals surface area contributed by atoms with Gasteiger partial charge in [0, 0.05) is 18.1 Å². The molecule has 0 N–H and O–H groups in total. The molecule has 0 aliphatic carbocycles. The van der Waals surface area contributed by atoms with Gasteiger partial charge in [-0.25, -0.2) is 4.98 Å². The van der Waals surface area contributed by atoms with Gasteiger partial charge < -0.3 is 9.47 Å². The lowest BCUT2D eigenvalue weighted by atomic mass is 10.4. The van der Waals surface area contributed by atoms with Gasteiger partial charge >= 0.3 is 0 Å². The van der Waals surface area contributed by atoms with E-state index in [2.05, 4.69) is 11.9 Å². The van der Waals surface area contributed by atoms with Gasteiger partial charge in [0.25, 0.3) is 0 Å². The molecule has 1 rings (SSSR count). The first-order chi connectivity index (χ1) is 7.67. The molecule has 0 aromatic carbocycles. The molecule has 0 saturated heterocycles. The summed E-state index contributed by atoms with van der Waals surface area (Å²) in [6.45, 7) is 9.46. The van der Waals surface area contributed by atoms with Crippen molar-refractivity contribution in [2.45, 2.75) is 38.3 Å². The van der Waals surface area contributed by atoms with Gasteiger partial charge in [-0.1, -0.05) is 11.8 Å². The van der Waals surface area contributed by atoms with E-state index in [4.69, 9.17) is 9.47 Å². The Kier molecular flexibility index (Phi) is 6.34. The van der Waals surface area contributed by atoms with E-state index in [0.717, 1.165) is 15.8 Å². The van der Waals surface area contributed by atoms with Crippen molar-refractivity contribution in [3.05, 3.63) is 10.6 Å². The summed E-state index contributed by atoms with van der Waals surface area (Å²) in [6, 6.07) is 0. The van der Waals surface area contributed by atoms with Crippen molar-refractivity contribution in [1.29, 1.82) is 0 Å². The maximum absolute atomic E-state index is 5.47. The van der Waals surface area contributed by atoms with Crippen LogP contribution in [0.3, 0.4) is 0 Å². The van der Waals surface area contributed by atoms with E-state index in [9.17, 15) is 0 Å². The summed E-state index contributed by atoms with van der Waals surface area (Å²) in [7, 11) is 0. The summed E-state index contributed by atoms with van der Waals surface area (Å²) in [4.78, 5) is 5.76. The van der Waals surface area contributed by atoms with Crippen molar-refractivity contribution < 1.29 is 9.47 Å². The number of thioether (sulfide) groups is 1. The van der Waals surface area contributed by atoms with E-state index in [0.29, 0.717) is 13.2 Å². The molecule has 0 aliphatic heterocycles. The van der Waals surface area contributed by atoms with Crippen LogP contribution in [0.15, 0.2) is 4.34 Å². The highest BCUT2D eigenvalue weighted by atomic mass is 32.2. The summed E-state index contributed by atoms with van der Waals surface area (Å²) in [6.07, 6.45) is -0.121. The van der Waals surface area contributed by atoms with Crippen LogP contribution >= 0.6 is 23.1 Å². The van der Waals surface area contributed by atoms with Crippen molar-refractivity contribution in [3.63, 3.8) is 0 Å². The molecule has 16 heavy (non-hydrogen) atoms. The molecular formula is C11H19NO2S2. The SMILES string of the molecule is CCOC(CSc1nc(C)c(C)s1)OCC. The van der Waals surface area contributed by atoms with Crippen LogP contribution in [0.2, 0.25) is 0 Å². The molecule has 0 unspecified atom stereocenters. The zero-order valence-corrected chi connectivity index (χ0v) is 11.9. The lowest BCUT2D eigenvalue weighted by Gasteiger charge is -2.15. The van der Waals surface area contributed by atoms with E-state index >= 15 is 0 Å². The topological polar surface area (TPSA) is 31.4 Å². The highest BCUT2D eigenvalue weighted by Gasteiger charge is 2.11. The zero-order valence-electron chi connectivity index (χ0n) is 10.3. The highest BCUT2D eigenvalue weighted by Crippen LogP contribution is 2.27. The third-order valence-corrected chi connectivity index (χ3v) is 4.31. The van der Waals surface area contributed by atoms with Gasteiger partial charge in [-0.2, -0.15) is 0 Å². The van der Waals surface area contributed by atoms with Crippen LogP contribution < -0.4 is 0 Å². The Morgan fingerprint density at radius 2 is 1.88 bits per heavy atom. The molecule has 0 saturated carbocycles. The van der Waals surface area contributed by atoms with E-state index in [1.807, 2.05) is 20.8 Å². The van der Waals surface area contributed by atoms with Crippen molar-refractivity contribution in [3.8, 4) is 0 Å². The van der Waals surface area contributed by atoms with Crippen LogP contribution in [0, 0.1) is 13.8 Å². The molecule has 0 aliphatic rings. The molecule has 1 heterocycles. The molecule has 0 fully saturated rings. The van der Waals surface area contributed by atoms with Crippen molar-refractivity contribution in [1.82, 2.24) is 4.98 Å². The van der Waals surface area contributed by atoms with E-state index in [-0.39, 0.29) is 6.29 Å². The van der Waals surface area contributed by atoms with Crippen LogP contribution in [0.1, 0.15) is 24.4 Å². The Hall–Kier alpha value is -0.100. The molecule has 1 aromatic heterocycles. The Bertz CT molecular complexity index is 289. The molecule has 0 spiro atoms. The predicted octanol–water partition coefficient (Wildman–Crippen LogP) is 3.25. The number of ether oxygens (including phenoxy) is 2. The number of aryl methyl sites for hydroxylation is 2. The molecule has 5 heteroatoms.